The molecule has 1 heterocycles. The Hall–Kier alpha value is -0.370. The molecule has 0 spiro atoms. The Morgan fingerprint density at radius 3 is 2.75 bits per heavy atom. The molecule has 2 atom stereocenters. The number of rotatable bonds is 6. The Morgan fingerprint density at radius 2 is 2.19 bits per heavy atom. The van der Waals surface area contributed by atoms with Crippen LogP contribution in [-0.2, 0) is 4.79 Å². The van der Waals surface area contributed by atoms with Gasteiger partial charge in [0.25, 0.3) is 0 Å². The van der Waals surface area contributed by atoms with Gasteiger partial charge in [-0.2, -0.15) is 0 Å². The topological polar surface area (TPSA) is 20.3 Å². The lowest BCUT2D eigenvalue weighted by molar-refractivity contribution is -0.123. The number of Topliss-reactive ketones (excluding diaryl/α,β-unsaturated/α-hetero) is 1. The molecule has 0 aromatic heterocycles. The van der Waals surface area contributed by atoms with Gasteiger partial charge in [0.05, 0.1) is 0 Å². The first-order chi connectivity index (χ1) is 7.67. The van der Waals surface area contributed by atoms with Crippen molar-refractivity contribution in [3.8, 4) is 0 Å². The molecule has 94 valence electrons. The highest BCUT2D eigenvalue weighted by Gasteiger charge is 2.24. The van der Waals surface area contributed by atoms with Crippen molar-refractivity contribution in [3.63, 3.8) is 0 Å². The van der Waals surface area contributed by atoms with Crippen LogP contribution in [0.4, 0.5) is 0 Å². The zero-order chi connectivity index (χ0) is 12.0. The average Bonchev–Trinajstić information content (AvgIpc) is 2.27. The van der Waals surface area contributed by atoms with E-state index in [1.165, 1.54) is 32.2 Å². The maximum absolute atomic E-state index is 11.3. The molecule has 1 saturated heterocycles. The van der Waals surface area contributed by atoms with Gasteiger partial charge >= 0.3 is 0 Å². The second-order valence-corrected chi connectivity index (χ2v) is 5.25. The molecule has 0 saturated carbocycles. The molecular weight excluding hydrogens is 198 g/mol. The molecule has 0 N–H and O–H groups in total. The van der Waals surface area contributed by atoms with Crippen LogP contribution in [0.25, 0.3) is 0 Å². The lowest BCUT2D eigenvalue weighted by Gasteiger charge is -2.35. The standard InChI is InChI=1S/C14H27NO/c1-4-6-7-13(5-2)11-15-9-8-14(16)10-12(15)3/h12-13H,4-11H2,1-3H3. The summed E-state index contributed by atoms with van der Waals surface area (Å²) in [4.78, 5) is 13.8. The third kappa shape index (κ3) is 4.25. The van der Waals surface area contributed by atoms with E-state index in [4.69, 9.17) is 0 Å². The first kappa shape index (κ1) is 13.7. The lowest BCUT2D eigenvalue weighted by atomic mass is 9.95. The Labute approximate surface area is 100 Å². The van der Waals surface area contributed by atoms with Gasteiger partial charge in [-0.05, 0) is 19.3 Å². The summed E-state index contributed by atoms with van der Waals surface area (Å²) in [5.41, 5.74) is 0. The minimum atomic E-state index is 0.449. The van der Waals surface area contributed by atoms with Crippen LogP contribution in [0.15, 0.2) is 0 Å². The predicted molar refractivity (Wildman–Crippen MR) is 68.6 cm³/mol. The van der Waals surface area contributed by atoms with Crippen molar-refractivity contribution in [2.45, 2.75) is 65.3 Å². The molecule has 2 nitrogen and oxygen atoms in total. The van der Waals surface area contributed by atoms with Crippen molar-refractivity contribution in [1.29, 1.82) is 0 Å². The van der Waals surface area contributed by atoms with Crippen molar-refractivity contribution in [2.75, 3.05) is 13.1 Å². The van der Waals surface area contributed by atoms with Crippen molar-refractivity contribution in [3.05, 3.63) is 0 Å². The number of piperidine rings is 1. The summed E-state index contributed by atoms with van der Waals surface area (Å²) in [5, 5.41) is 0. The highest BCUT2D eigenvalue weighted by molar-refractivity contribution is 5.79. The smallest absolute Gasteiger partial charge is 0.135 e. The van der Waals surface area contributed by atoms with Crippen molar-refractivity contribution >= 4 is 5.78 Å². The number of ketones is 1. The Kier molecular flexibility index (Phi) is 6.04. The summed E-state index contributed by atoms with van der Waals surface area (Å²) in [6.45, 7) is 8.94. The summed E-state index contributed by atoms with van der Waals surface area (Å²) < 4.78 is 0. The fraction of sp³-hybridized carbons (Fsp3) is 0.929. The van der Waals surface area contributed by atoms with Gasteiger partial charge in [-0.1, -0.05) is 33.1 Å². The molecule has 0 aliphatic carbocycles. The number of nitrogens with zero attached hydrogens (tertiary/aromatic N) is 1. The fourth-order valence-electron chi connectivity index (χ4n) is 2.57. The number of carbonyl (C=O) groups excluding carboxylic acids is 1. The molecule has 1 fully saturated rings. The fourth-order valence-corrected chi connectivity index (χ4v) is 2.57. The van der Waals surface area contributed by atoms with E-state index >= 15 is 0 Å². The molecule has 1 aliphatic rings. The van der Waals surface area contributed by atoms with Gasteiger partial charge in [-0.25, -0.2) is 0 Å². The highest BCUT2D eigenvalue weighted by Crippen LogP contribution is 2.20. The SMILES string of the molecule is CCCCC(CC)CN1CCC(=O)CC1C. The van der Waals surface area contributed by atoms with E-state index < -0.39 is 0 Å². The minimum absolute atomic E-state index is 0.449. The van der Waals surface area contributed by atoms with Crippen molar-refractivity contribution in [1.82, 2.24) is 4.90 Å². The van der Waals surface area contributed by atoms with Crippen LogP contribution in [0.3, 0.4) is 0 Å². The molecule has 1 rings (SSSR count). The van der Waals surface area contributed by atoms with Crippen LogP contribution >= 0.6 is 0 Å². The molecule has 2 unspecified atom stereocenters. The number of carbonyl (C=O) groups is 1. The minimum Gasteiger partial charge on any atom is -0.300 e. The van der Waals surface area contributed by atoms with Gasteiger partial charge in [-0.15, -0.1) is 0 Å². The van der Waals surface area contributed by atoms with Gasteiger partial charge in [-0.3, -0.25) is 9.69 Å². The lowest BCUT2D eigenvalue weighted by Crippen LogP contribution is -2.43. The quantitative estimate of drug-likeness (QED) is 0.691. The summed E-state index contributed by atoms with van der Waals surface area (Å²) in [6.07, 6.45) is 6.81. The number of hydrogen-bond acceptors (Lipinski definition) is 2. The van der Waals surface area contributed by atoms with E-state index in [1.807, 2.05) is 0 Å². The van der Waals surface area contributed by atoms with Crippen LogP contribution in [0.1, 0.15) is 59.3 Å². The summed E-state index contributed by atoms with van der Waals surface area (Å²) in [5.74, 6) is 1.28. The van der Waals surface area contributed by atoms with E-state index in [-0.39, 0.29) is 0 Å². The second-order valence-electron chi connectivity index (χ2n) is 5.25. The molecule has 0 aromatic carbocycles. The van der Waals surface area contributed by atoms with Crippen molar-refractivity contribution < 1.29 is 4.79 Å². The Balaban J connectivity index is 2.35. The maximum atomic E-state index is 11.3. The molecule has 16 heavy (non-hydrogen) atoms. The molecule has 0 aromatic rings. The van der Waals surface area contributed by atoms with E-state index in [0.717, 1.165) is 25.3 Å². The van der Waals surface area contributed by atoms with Gasteiger partial charge in [0.1, 0.15) is 5.78 Å². The molecule has 2 heteroatoms. The van der Waals surface area contributed by atoms with E-state index in [2.05, 4.69) is 25.7 Å². The largest absolute Gasteiger partial charge is 0.300 e. The Bertz CT molecular complexity index is 215. The average molecular weight is 225 g/mol. The third-order valence-corrected chi connectivity index (χ3v) is 3.86. The van der Waals surface area contributed by atoms with E-state index in [0.29, 0.717) is 11.8 Å². The van der Waals surface area contributed by atoms with Gasteiger partial charge < -0.3 is 0 Å². The number of hydrogen-bond donors (Lipinski definition) is 0. The van der Waals surface area contributed by atoms with Crippen LogP contribution in [-0.4, -0.2) is 29.8 Å². The third-order valence-electron chi connectivity index (χ3n) is 3.86. The van der Waals surface area contributed by atoms with Crippen LogP contribution in [0.2, 0.25) is 0 Å². The van der Waals surface area contributed by atoms with E-state index in [9.17, 15) is 4.79 Å². The summed E-state index contributed by atoms with van der Waals surface area (Å²) in [7, 11) is 0. The maximum Gasteiger partial charge on any atom is 0.135 e. The van der Waals surface area contributed by atoms with Gasteiger partial charge in [0.2, 0.25) is 0 Å². The molecule has 0 radical (unpaired) electrons. The number of likely N-dealkylation sites (tertiary alicyclic amines) is 1. The summed E-state index contributed by atoms with van der Waals surface area (Å²) in [6, 6.07) is 0.469. The molecular formula is C14H27NO. The molecule has 1 aliphatic heterocycles. The molecule has 0 bridgehead atoms. The van der Waals surface area contributed by atoms with Crippen molar-refractivity contribution in [2.24, 2.45) is 5.92 Å². The van der Waals surface area contributed by atoms with Gasteiger partial charge in [0, 0.05) is 32.0 Å². The zero-order valence-corrected chi connectivity index (χ0v) is 11.2. The summed E-state index contributed by atoms with van der Waals surface area (Å²) >= 11 is 0. The van der Waals surface area contributed by atoms with Crippen LogP contribution in [0, 0.1) is 5.92 Å². The van der Waals surface area contributed by atoms with Crippen LogP contribution < -0.4 is 0 Å². The Morgan fingerprint density at radius 1 is 1.44 bits per heavy atom. The van der Waals surface area contributed by atoms with E-state index in [1.54, 1.807) is 0 Å². The van der Waals surface area contributed by atoms with Crippen LogP contribution in [0.5, 0.6) is 0 Å². The number of unbranched alkanes of at least 4 members (excludes halogenated alkanes) is 1. The first-order valence-corrected chi connectivity index (χ1v) is 6.93. The predicted octanol–water partition coefficient (Wildman–Crippen LogP) is 3.26. The first-order valence-electron chi connectivity index (χ1n) is 6.93. The molecule has 0 amide bonds. The monoisotopic (exact) mass is 225 g/mol. The normalized spacial score (nSPS) is 24.7. The van der Waals surface area contributed by atoms with Gasteiger partial charge in [0.15, 0.2) is 0 Å². The highest BCUT2D eigenvalue weighted by atomic mass is 16.1. The second kappa shape index (κ2) is 7.05. The zero-order valence-electron chi connectivity index (χ0n) is 11.2.